The van der Waals surface area contributed by atoms with Crippen LogP contribution in [0.15, 0.2) is 36.5 Å². The molecule has 30 heavy (non-hydrogen) atoms. The summed E-state index contributed by atoms with van der Waals surface area (Å²) >= 11 is 6.39. The van der Waals surface area contributed by atoms with E-state index in [1.165, 1.54) is 12.3 Å². The molecule has 8 heteroatoms. The molecule has 0 aliphatic rings. The molecule has 0 fully saturated rings. The van der Waals surface area contributed by atoms with Crippen molar-refractivity contribution in [2.75, 3.05) is 32.2 Å². The third kappa shape index (κ3) is 4.80. The average molecular weight is 433 g/mol. The van der Waals surface area contributed by atoms with Gasteiger partial charge in [-0.2, -0.15) is 0 Å². The van der Waals surface area contributed by atoms with Crippen LogP contribution >= 0.6 is 11.6 Å². The molecular formula is C22H22ClFN2O4. The van der Waals surface area contributed by atoms with E-state index in [1.807, 2.05) is 0 Å². The molecule has 0 spiro atoms. The maximum Gasteiger partial charge on any atom is 0.341 e. The Balaban J connectivity index is 2.12. The largest absolute Gasteiger partial charge is 0.490 e. The minimum absolute atomic E-state index is 0.174. The van der Waals surface area contributed by atoms with Crippen molar-refractivity contribution in [2.45, 2.75) is 13.8 Å². The number of hydrogen-bond acceptors (Lipinski definition) is 6. The molecule has 0 bridgehead atoms. The maximum atomic E-state index is 14.5. The van der Waals surface area contributed by atoms with Crippen LogP contribution in [0.25, 0.3) is 10.9 Å². The Kier molecular flexibility index (Phi) is 7.07. The molecule has 2 aromatic carbocycles. The number of aryl methyl sites for hydroxylation is 1. The summed E-state index contributed by atoms with van der Waals surface area (Å²) in [7, 11) is 1.58. The van der Waals surface area contributed by atoms with Gasteiger partial charge in [-0.15, -0.1) is 0 Å². The fourth-order valence-electron chi connectivity index (χ4n) is 2.89. The second-order valence-electron chi connectivity index (χ2n) is 6.52. The Bertz CT molecular complexity index is 1070. The molecule has 158 valence electrons. The van der Waals surface area contributed by atoms with Gasteiger partial charge in [0, 0.05) is 24.8 Å². The Morgan fingerprint density at radius 2 is 2.03 bits per heavy atom. The molecule has 0 radical (unpaired) electrons. The SMILES string of the molecule is CCOC(=O)c1cnc2cc(OCCOC)c(Cl)cc2c1Nc1ccc(C)cc1F. The van der Waals surface area contributed by atoms with E-state index in [0.29, 0.717) is 40.6 Å². The lowest BCUT2D eigenvalue weighted by molar-refractivity contribution is 0.0527. The Morgan fingerprint density at radius 3 is 2.73 bits per heavy atom. The zero-order valence-corrected chi connectivity index (χ0v) is 17.7. The van der Waals surface area contributed by atoms with Crippen molar-refractivity contribution in [1.29, 1.82) is 0 Å². The average Bonchev–Trinajstić information content (AvgIpc) is 2.71. The van der Waals surface area contributed by atoms with E-state index in [0.717, 1.165) is 5.56 Å². The van der Waals surface area contributed by atoms with Gasteiger partial charge in [0.1, 0.15) is 23.7 Å². The summed E-state index contributed by atoms with van der Waals surface area (Å²) in [6.07, 6.45) is 1.39. The lowest BCUT2D eigenvalue weighted by atomic mass is 10.1. The van der Waals surface area contributed by atoms with Crippen LogP contribution in [0.5, 0.6) is 5.75 Å². The number of esters is 1. The summed E-state index contributed by atoms with van der Waals surface area (Å²) < 4.78 is 30.2. The van der Waals surface area contributed by atoms with E-state index in [-0.39, 0.29) is 17.9 Å². The van der Waals surface area contributed by atoms with Crippen molar-refractivity contribution in [3.8, 4) is 5.75 Å². The number of nitrogens with zero attached hydrogens (tertiary/aromatic N) is 1. The smallest absolute Gasteiger partial charge is 0.341 e. The Labute approximate surface area is 178 Å². The number of benzene rings is 2. The zero-order valence-electron chi connectivity index (χ0n) is 16.9. The molecule has 3 aromatic rings. The number of nitrogens with one attached hydrogen (secondary N) is 1. The van der Waals surface area contributed by atoms with Crippen LogP contribution < -0.4 is 10.1 Å². The Hall–Kier alpha value is -2.90. The van der Waals surface area contributed by atoms with Crippen molar-refractivity contribution >= 4 is 39.8 Å². The fourth-order valence-corrected chi connectivity index (χ4v) is 3.11. The van der Waals surface area contributed by atoms with Gasteiger partial charge >= 0.3 is 5.97 Å². The van der Waals surface area contributed by atoms with Gasteiger partial charge < -0.3 is 19.5 Å². The molecule has 0 saturated heterocycles. The highest BCUT2D eigenvalue weighted by Gasteiger charge is 2.19. The topological polar surface area (TPSA) is 69.7 Å². The van der Waals surface area contributed by atoms with Crippen molar-refractivity contribution in [1.82, 2.24) is 4.98 Å². The lowest BCUT2D eigenvalue weighted by Crippen LogP contribution is -2.10. The molecule has 3 rings (SSSR count). The van der Waals surface area contributed by atoms with Crippen LogP contribution in [0.2, 0.25) is 5.02 Å². The number of methoxy groups -OCH3 is 1. The van der Waals surface area contributed by atoms with Crippen LogP contribution in [0.1, 0.15) is 22.8 Å². The van der Waals surface area contributed by atoms with E-state index in [1.54, 1.807) is 45.2 Å². The molecule has 0 aliphatic carbocycles. The number of carbonyl (C=O) groups excluding carboxylic acids is 1. The maximum absolute atomic E-state index is 14.5. The van der Waals surface area contributed by atoms with Gasteiger partial charge in [-0.3, -0.25) is 4.98 Å². The summed E-state index contributed by atoms with van der Waals surface area (Å²) in [6, 6.07) is 8.08. The van der Waals surface area contributed by atoms with Crippen LogP contribution in [-0.2, 0) is 9.47 Å². The highest BCUT2D eigenvalue weighted by Crippen LogP contribution is 2.36. The summed E-state index contributed by atoms with van der Waals surface area (Å²) in [5.41, 5.74) is 2.05. The summed E-state index contributed by atoms with van der Waals surface area (Å²) in [6.45, 7) is 4.43. The van der Waals surface area contributed by atoms with E-state index < -0.39 is 11.8 Å². The van der Waals surface area contributed by atoms with Crippen LogP contribution in [0.4, 0.5) is 15.8 Å². The minimum Gasteiger partial charge on any atom is -0.490 e. The second kappa shape index (κ2) is 9.73. The van der Waals surface area contributed by atoms with Gasteiger partial charge in [0.05, 0.1) is 35.1 Å². The standard InChI is InChI=1S/C22H22ClFN2O4/c1-4-29-22(27)15-12-25-19-11-20(30-8-7-28-3)16(23)10-14(19)21(15)26-18-6-5-13(2)9-17(18)24/h5-6,9-12H,4,7-8H2,1-3H3,(H,25,26). The third-order valence-electron chi connectivity index (χ3n) is 4.35. The van der Waals surface area contributed by atoms with Gasteiger partial charge in [0.15, 0.2) is 0 Å². The molecule has 1 aromatic heterocycles. The van der Waals surface area contributed by atoms with Crippen molar-refractivity contribution < 1.29 is 23.4 Å². The molecular weight excluding hydrogens is 411 g/mol. The van der Waals surface area contributed by atoms with Crippen molar-refractivity contribution in [2.24, 2.45) is 0 Å². The number of pyridine rings is 1. The van der Waals surface area contributed by atoms with Crippen molar-refractivity contribution in [3.63, 3.8) is 0 Å². The number of carbonyl (C=O) groups is 1. The van der Waals surface area contributed by atoms with E-state index in [9.17, 15) is 9.18 Å². The molecule has 6 nitrogen and oxygen atoms in total. The molecule has 0 aliphatic heterocycles. The second-order valence-corrected chi connectivity index (χ2v) is 6.92. The first kappa shape index (κ1) is 21.8. The van der Waals surface area contributed by atoms with E-state index in [2.05, 4.69) is 10.3 Å². The van der Waals surface area contributed by atoms with Crippen LogP contribution in [0, 0.1) is 12.7 Å². The van der Waals surface area contributed by atoms with Crippen LogP contribution in [0.3, 0.4) is 0 Å². The van der Waals surface area contributed by atoms with Gasteiger partial charge in [-0.05, 0) is 37.6 Å². The number of ether oxygens (including phenoxy) is 3. The minimum atomic E-state index is -0.571. The monoisotopic (exact) mass is 432 g/mol. The number of aromatic nitrogens is 1. The predicted octanol–water partition coefficient (Wildman–Crippen LogP) is 5.28. The first-order valence-corrected chi connectivity index (χ1v) is 9.76. The van der Waals surface area contributed by atoms with Gasteiger partial charge in [0.2, 0.25) is 0 Å². The molecule has 0 unspecified atom stereocenters. The summed E-state index contributed by atoms with van der Waals surface area (Å²) in [5, 5.41) is 3.87. The first-order valence-electron chi connectivity index (χ1n) is 9.38. The molecule has 1 N–H and O–H groups in total. The molecule has 1 heterocycles. The Morgan fingerprint density at radius 1 is 1.23 bits per heavy atom. The number of halogens is 2. The number of anilines is 2. The number of fused-ring (bicyclic) bond motifs is 1. The van der Waals surface area contributed by atoms with E-state index >= 15 is 0 Å². The fraction of sp³-hybridized carbons (Fsp3) is 0.273. The zero-order chi connectivity index (χ0) is 21.7. The highest BCUT2D eigenvalue weighted by atomic mass is 35.5. The summed E-state index contributed by atoms with van der Waals surface area (Å²) in [5.74, 6) is -0.580. The normalized spacial score (nSPS) is 10.8. The summed E-state index contributed by atoms with van der Waals surface area (Å²) in [4.78, 5) is 16.8. The number of rotatable bonds is 8. The van der Waals surface area contributed by atoms with Gasteiger partial charge in [-0.1, -0.05) is 17.7 Å². The first-order chi connectivity index (χ1) is 14.4. The third-order valence-corrected chi connectivity index (χ3v) is 4.64. The molecule has 0 saturated carbocycles. The van der Waals surface area contributed by atoms with Crippen molar-refractivity contribution in [3.05, 3.63) is 58.5 Å². The van der Waals surface area contributed by atoms with Gasteiger partial charge in [0.25, 0.3) is 0 Å². The highest BCUT2D eigenvalue weighted by molar-refractivity contribution is 6.33. The van der Waals surface area contributed by atoms with Gasteiger partial charge in [-0.25, -0.2) is 9.18 Å². The molecule has 0 atom stereocenters. The lowest BCUT2D eigenvalue weighted by Gasteiger charge is -2.16. The molecule has 0 amide bonds. The predicted molar refractivity (Wildman–Crippen MR) is 115 cm³/mol. The van der Waals surface area contributed by atoms with Crippen LogP contribution in [-0.4, -0.2) is 37.9 Å². The number of hydrogen-bond donors (Lipinski definition) is 1. The quantitative estimate of drug-likeness (QED) is 0.385. The van der Waals surface area contributed by atoms with E-state index in [4.69, 9.17) is 25.8 Å².